The lowest BCUT2D eigenvalue weighted by molar-refractivity contribution is 0.144. The van der Waals surface area contributed by atoms with E-state index in [2.05, 4.69) is 11.4 Å². The van der Waals surface area contributed by atoms with Crippen molar-refractivity contribution in [2.75, 3.05) is 33.5 Å². The predicted molar refractivity (Wildman–Crippen MR) is 81.6 cm³/mol. The molecule has 5 nitrogen and oxygen atoms in total. The van der Waals surface area contributed by atoms with Crippen molar-refractivity contribution in [2.24, 2.45) is 0 Å². The maximum absolute atomic E-state index is 9.30. The fraction of sp³-hybridized carbons (Fsp3) is 0.562. The minimum Gasteiger partial charge on any atom is -0.493 e. The molecule has 0 saturated carbocycles. The average Bonchev–Trinajstić information content (AvgIpc) is 2.52. The summed E-state index contributed by atoms with van der Waals surface area (Å²) in [6.45, 7) is 6.62. The van der Waals surface area contributed by atoms with Gasteiger partial charge in [0, 0.05) is 13.2 Å². The topological polar surface area (TPSA) is 63.5 Å². The minimum absolute atomic E-state index is 0.365. The molecule has 0 heterocycles. The third-order valence-electron chi connectivity index (χ3n) is 2.97. The SMILES string of the molecule is CCOCCCNC(C#N)c1ccc(OCC)c(OC)c1. The lowest BCUT2D eigenvalue weighted by Crippen LogP contribution is -2.22. The van der Waals surface area contributed by atoms with Gasteiger partial charge in [-0.15, -0.1) is 0 Å². The summed E-state index contributed by atoms with van der Waals surface area (Å²) in [5.74, 6) is 1.34. The highest BCUT2D eigenvalue weighted by Gasteiger charge is 2.13. The second-order valence-electron chi connectivity index (χ2n) is 4.41. The van der Waals surface area contributed by atoms with Gasteiger partial charge in [0.1, 0.15) is 6.04 Å². The molecule has 116 valence electrons. The lowest BCUT2D eigenvalue weighted by atomic mass is 10.1. The first-order chi connectivity index (χ1) is 10.3. The van der Waals surface area contributed by atoms with E-state index in [1.807, 2.05) is 32.0 Å². The molecule has 0 spiro atoms. The predicted octanol–water partition coefficient (Wildman–Crippen LogP) is 2.67. The molecule has 1 aromatic rings. The molecule has 0 aromatic heterocycles. The highest BCUT2D eigenvalue weighted by atomic mass is 16.5. The third-order valence-corrected chi connectivity index (χ3v) is 2.97. The highest BCUT2D eigenvalue weighted by molar-refractivity contribution is 5.44. The van der Waals surface area contributed by atoms with E-state index >= 15 is 0 Å². The smallest absolute Gasteiger partial charge is 0.161 e. The summed E-state index contributed by atoms with van der Waals surface area (Å²) >= 11 is 0. The number of rotatable bonds is 10. The molecule has 0 aliphatic rings. The van der Waals surface area contributed by atoms with E-state index in [0.29, 0.717) is 24.7 Å². The quantitative estimate of drug-likeness (QED) is 0.672. The van der Waals surface area contributed by atoms with E-state index in [1.54, 1.807) is 7.11 Å². The van der Waals surface area contributed by atoms with Gasteiger partial charge in [0.15, 0.2) is 11.5 Å². The van der Waals surface area contributed by atoms with Gasteiger partial charge < -0.3 is 14.2 Å². The molecule has 0 amide bonds. The Bertz CT molecular complexity index is 457. The summed E-state index contributed by atoms with van der Waals surface area (Å²) in [5.41, 5.74) is 0.870. The van der Waals surface area contributed by atoms with Gasteiger partial charge in [-0.05, 0) is 44.5 Å². The lowest BCUT2D eigenvalue weighted by Gasteiger charge is -2.15. The number of hydrogen-bond donors (Lipinski definition) is 1. The molecule has 1 N–H and O–H groups in total. The minimum atomic E-state index is -0.365. The first kappa shape index (κ1) is 17.3. The maximum Gasteiger partial charge on any atom is 0.161 e. The zero-order valence-corrected chi connectivity index (χ0v) is 13.0. The Morgan fingerprint density at radius 1 is 1.24 bits per heavy atom. The zero-order valence-electron chi connectivity index (χ0n) is 13.0. The molecule has 0 aliphatic carbocycles. The highest BCUT2D eigenvalue weighted by Crippen LogP contribution is 2.30. The van der Waals surface area contributed by atoms with Gasteiger partial charge in [0.2, 0.25) is 0 Å². The van der Waals surface area contributed by atoms with Crippen LogP contribution in [0, 0.1) is 11.3 Å². The Hall–Kier alpha value is -1.77. The third kappa shape index (κ3) is 5.62. The molecule has 0 fully saturated rings. The van der Waals surface area contributed by atoms with Crippen LogP contribution in [0.5, 0.6) is 11.5 Å². The fourth-order valence-electron chi connectivity index (χ4n) is 1.94. The first-order valence-corrected chi connectivity index (χ1v) is 7.28. The van der Waals surface area contributed by atoms with Crippen molar-refractivity contribution in [1.29, 1.82) is 5.26 Å². The van der Waals surface area contributed by atoms with Crippen molar-refractivity contribution in [3.8, 4) is 17.6 Å². The second-order valence-corrected chi connectivity index (χ2v) is 4.41. The van der Waals surface area contributed by atoms with Crippen LogP contribution in [-0.4, -0.2) is 33.5 Å². The summed E-state index contributed by atoms with van der Waals surface area (Å²) in [6, 6.07) is 7.46. The van der Waals surface area contributed by atoms with Crippen LogP contribution in [0.3, 0.4) is 0 Å². The number of methoxy groups -OCH3 is 1. The molecule has 0 bridgehead atoms. The van der Waals surface area contributed by atoms with Gasteiger partial charge in [-0.3, -0.25) is 5.32 Å². The molecule has 0 saturated heterocycles. The van der Waals surface area contributed by atoms with E-state index in [0.717, 1.165) is 25.1 Å². The molecule has 21 heavy (non-hydrogen) atoms. The molecule has 1 unspecified atom stereocenters. The second kappa shape index (κ2) is 10.0. The maximum atomic E-state index is 9.30. The van der Waals surface area contributed by atoms with E-state index in [9.17, 15) is 5.26 Å². The molecule has 1 atom stereocenters. The number of benzene rings is 1. The van der Waals surface area contributed by atoms with Crippen LogP contribution in [0.4, 0.5) is 0 Å². The summed E-state index contributed by atoms with van der Waals surface area (Å²) in [7, 11) is 1.60. The van der Waals surface area contributed by atoms with Crippen molar-refractivity contribution in [1.82, 2.24) is 5.32 Å². The number of ether oxygens (including phenoxy) is 3. The van der Waals surface area contributed by atoms with E-state index in [4.69, 9.17) is 14.2 Å². The van der Waals surface area contributed by atoms with Gasteiger partial charge in [-0.1, -0.05) is 6.07 Å². The van der Waals surface area contributed by atoms with Crippen LogP contribution in [0.1, 0.15) is 31.9 Å². The number of nitrogens with zero attached hydrogens (tertiary/aromatic N) is 1. The van der Waals surface area contributed by atoms with Crippen molar-refractivity contribution in [3.05, 3.63) is 23.8 Å². The normalized spacial score (nSPS) is 11.7. The van der Waals surface area contributed by atoms with Crippen molar-refractivity contribution >= 4 is 0 Å². The summed E-state index contributed by atoms with van der Waals surface area (Å²) < 4.78 is 16.1. The summed E-state index contributed by atoms with van der Waals surface area (Å²) in [6.07, 6.45) is 0.875. The van der Waals surface area contributed by atoms with E-state index < -0.39 is 0 Å². The van der Waals surface area contributed by atoms with Crippen molar-refractivity contribution in [2.45, 2.75) is 26.3 Å². The molecular weight excluding hydrogens is 268 g/mol. The van der Waals surface area contributed by atoms with Crippen LogP contribution in [0.2, 0.25) is 0 Å². The van der Waals surface area contributed by atoms with Crippen LogP contribution < -0.4 is 14.8 Å². The zero-order chi connectivity index (χ0) is 15.5. The molecule has 5 heteroatoms. The fourth-order valence-corrected chi connectivity index (χ4v) is 1.94. The number of nitriles is 1. The van der Waals surface area contributed by atoms with Crippen LogP contribution in [0.25, 0.3) is 0 Å². The van der Waals surface area contributed by atoms with Crippen LogP contribution in [0.15, 0.2) is 18.2 Å². The summed E-state index contributed by atoms with van der Waals surface area (Å²) in [4.78, 5) is 0. The largest absolute Gasteiger partial charge is 0.493 e. The Morgan fingerprint density at radius 2 is 2.05 bits per heavy atom. The number of nitrogens with one attached hydrogen (secondary N) is 1. The van der Waals surface area contributed by atoms with Gasteiger partial charge in [0.25, 0.3) is 0 Å². The standard InChI is InChI=1S/C16H24N2O3/c1-4-20-10-6-9-18-14(12-17)13-7-8-15(21-5-2)16(11-13)19-3/h7-8,11,14,18H,4-6,9-10H2,1-3H3. The van der Waals surface area contributed by atoms with Crippen molar-refractivity contribution < 1.29 is 14.2 Å². The average molecular weight is 292 g/mol. The Balaban J connectivity index is 2.66. The Kier molecular flexibility index (Phi) is 8.25. The van der Waals surface area contributed by atoms with Gasteiger partial charge in [-0.2, -0.15) is 5.26 Å². The Morgan fingerprint density at radius 3 is 2.67 bits per heavy atom. The molecule has 1 aromatic carbocycles. The molecule has 0 aliphatic heterocycles. The monoisotopic (exact) mass is 292 g/mol. The van der Waals surface area contributed by atoms with E-state index in [1.165, 1.54) is 0 Å². The van der Waals surface area contributed by atoms with Gasteiger partial charge in [-0.25, -0.2) is 0 Å². The van der Waals surface area contributed by atoms with E-state index in [-0.39, 0.29) is 6.04 Å². The Labute approximate surface area is 126 Å². The van der Waals surface area contributed by atoms with Crippen LogP contribution in [-0.2, 0) is 4.74 Å². The van der Waals surface area contributed by atoms with Crippen LogP contribution >= 0.6 is 0 Å². The molecule has 0 radical (unpaired) electrons. The first-order valence-electron chi connectivity index (χ1n) is 7.28. The molecule has 1 rings (SSSR count). The van der Waals surface area contributed by atoms with Crippen molar-refractivity contribution in [3.63, 3.8) is 0 Å². The molecular formula is C16H24N2O3. The van der Waals surface area contributed by atoms with Gasteiger partial charge >= 0.3 is 0 Å². The van der Waals surface area contributed by atoms with Gasteiger partial charge in [0.05, 0.1) is 19.8 Å². The number of hydrogen-bond acceptors (Lipinski definition) is 5. The summed E-state index contributed by atoms with van der Waals surface area (Å²) in [5, 5.41) is 12.5.